The molecule has 0 radical (unpaired) electrons. The van der Waals surface area contributed by atoms with E-state index < -0.39 is 18.3 Å². The van der Waals surface area contributed by atoms with E-state index >= 15 is 0 Å². The van der Waals surface area contributed by atoms with E-state index in [0.717, 1.165) is 12.8 Å². The number of anilines is 1. The fraction of sp³-hybridized carbons (Fsp3) is 0.429. The van der Waals surface area contributed by atoms with Crippen LogP contribution < -0.4 is 10.2 Å². The number of amides is 1. The second kappa shape index (κ2) is 6.89. The van der Waals surface area contributed by atoms with Crippen molar-refractivity contribution in [2.24, 2.45) is 0 Å². The van der Waals surface area contributed by atoms with Crippen molar-refractivity contribution in [1.82, 2.24) is 5.32 Å². The molecule has 1 unspecified atom stereocenters. The average molecular weight is 359 g/mol. The van der Waals surface area contributed by atoms with Crippen LogP contribution in [0.3, 0.4) is 0 Å². The van der Waals surface area contributed by atoms with Crippen LogP contribution >= 0.6 is 15.9 Å². The van der Waals surface area contributed by atoms with Crippen molar-refractivity contribution >= 4 is 33.5 Å². The molecule has 0 aromatic heterocycles. The fourth-order valence-electron chi connectivity index (χ4n) is 2.47. The number of rotatable bonds is 4. The fourth-order valence-corrected chi connectivity index (χ4v) is 2.80. The van der Waals surface area contributed by atoms with Crippen LogP contribution in [0.15, 0.2) is 22.7 Å². The highest BCUT2D eigenvalue weighted by Gasteiger charge is 2.23. The summed E-state index contributed by atoms with van der Waals surface area (Å²) < 4.78 is 14.6. The molecule has 7 heteroatoms. The van der Waals surface area contributed by atoms with E-state index in [1.807, 2.05) is 4.90 Å². The zero-order chi connectivity index (χ0) is 15.4. The molecule has 5 nitrogen and oxygen atoms in total. The van der Waals surface area contributed by atoms with Crippen molar-refractivity contribution in [1.29, 1.82) is 0 Å². The Labute approximate surface area is 130 Å². The summed E-state index contributed by atoms with van der Waals surface area (Å²) in [5.41, 5.74) is 0.496. The SMILES string of the molecule is O=C(O)CC(=O)NC1CCCN(c2ccc(Br)cc2F)C1. The molecule has 114 valence electrons. The van der Waals surface area contributed by atoms with Crippen LogP contribution in [0.2, 0.25) is 0 Å². The van der Waals surface area contributed by atoms with Gasteiger partial charge in [-0.25, -0.2) is 4.39 Å². The van der Waals surface area contributed by atoms with Gasteiger partial charge in [0.1, 0.15) is 12.2 Å². The highest BCUT2D eigenvalue weighted by Crippen LogP contribution is 2.25. The van der Waals surface area contributed by atoms with E-state index in [2.05, 4.69) is 21.2 Å². The van der Waals surface area contributed by atoms with Crippen LogP contribution in [0.1, 0.15) is 19.3 Å². The molecule has 0 aliphatic carbocycles. The summed E-state index contributed by atoms with van der Waals surface area (Å²) >= 11 is 3.22. The number of nitrogens with zero attached hydrogens (tertiary/aromatic N) is 1. The molecule has 1 amide bonds. The molecule has 1 heterocycles. The van der Waals surface area contributed by atoms with E-state index in [0.29, 0.717) is 23.2 Å². The minimum absolute atomic E-state index is 0.159. The largest absolute Gasteiger partial charge is 0.481 e. The molecule has 2 N–H and O–H groups in total. The molecule has 0 saturated carbocycles. The van der Waals surface area contributed by atoms with Gasteiger partial charge in [-0.3, -0.25) is 9.59 Å². The highest BCUT2D eigenvalue weighted by molar-refractivity contribution is 9.10. The van der Waals surface area contributed by atoms with Crippen LogP contribution in [-0.2, 0) is 9.59 Å². The van der Waals surface area contributed by atoms with Gasteiger partial charge < -0.3 is 15.3 Å². The number of carbonyl (C=O) groups is 2. The smallest absolute Gasteiger partial charge is 0.312 e. The first kappa shape index (κ1) is 15.8. The minimum atomic E-state index is -1.15. The first-order valence-electron chi connectivity index (χ1n) is 6.67. The third-order valence-corrected chi connectivity index (χ3v) is 3.84. The molecule has 1 aliphatic heterocycles. The molecule has 1 aromatic carbocycles. The Morgan fingerprint density at radius 1 is 1.48 bits per heavy atom. The van der Waals surface area contributed by atoms with Crippen LogP contribution in [0.25, 0.3) is 0 Å². The Hall–Kier alpha value is -1.63. The number of aliphatic carboxylic acids is 1. The van der Waals surface area contributed by atoms with Gasteiger partial charge in [-0.05, 0) is 31.0 Å². The van der Waals surface area contributed by atoms with Crippen molar-refractivity contribution in [2.75, 3.05) is 18.0 Å². The van der Waals surface area contributed by atoms with Gasteiger partial charge in [-0.15, -0.1) is 0 Å². The van der Waals surface area contributed by atoms with Gasteiger partial charge in [0.05, 0.1) is 5.69 Å². The van der Waals surface area contributed by atoms with Crippen molar-refractivity contribution in [3.63, 3.8) is 0 Å². The van der Waals surface area contributed by atoms with E-state index in [1.54, 1.807) is 12.1 Å². The lowest BCUT2D eigenvalue weighted by molar-refractivity contribution is -0.140. The molecule has 1 saturated heterocycles. The lowest BCUT2D eigenvalue weighted by Crippen LogP contribution is -2.48. The van der Waals surface area contributed by atoms with Crippen LogP contribution in [0.4, 0.5) is 10.1 Å². The molecule has 1 fully saturated rings. The Morgan fingerprint density at radius 3 is 2.90 bits per heavy atom. The number of piperidine rings is 1. The predicted molar refractivity (Wildman–Crippen MR) is 79.7 cm³/mol. The molecule has 1 atom stereocenters. The number of hydrogen-bond acceptors (Lipinski definition) is 3. The maximum Gasteiger partial charge on any atom is 0.312 e. The highest BCUT2D eigenvalue weighted by atomic mass is 79.9. The van der Waals surface area contributed by atoms with Gasteiger partial charge in [0.2, 0.25) is 5.91 Å². The van der Waals surface area contributed by atoms with Gasteiger partial charge in [-0.2, -0.15) is 0 Å². The summed E-state index contributed by atoms with van der Waals surface area (Å²) in [5, 5.41) is 11.3. The second-order valence-electron chi connectivity index (χ2n) is 5.02. The van der Waals surface area contributed by atoms with Gasteiger partial charge >= 0.3 is 5.97 Å². The number of benzene rings is 1. The van der Waals surface area contributed by atoms with Gasteiger partial charge in [0, 0.05) is 23.6 Å². The molecular formula is C14H16BrFN2O3. The van der Waals surface area contributed by atoms with Crippen molar-refractivity contribution in [2.45, 2.75) is 25.3 Å². The zero-order valence-electron chi connectivity index (χ0n) is 11.3. The Balaban J connectivity index is 2.00. The Morgan fingerprint density at radius 2 is 2.24 bits per heavy atom. The topological polar surface area (TPSA) is 69.6 Å². The normalized spacial score (nSPS) is 18.4. The Bertz CT molecular complexity index is 553. The maximum absolute atomic E-state index is 14.0. The van der Waals surface area contributed by atoms with Crippen molar-refractivity contribution in [3.05, 3.63) is 28.5 Å². The molecule has 1 aliphatic rings. The number of carboxylic acids is 1. The van der Waals surface area contributed by atoms with Crippen LogP contribution in [0, 0.1) is 5.82 Å². The number of carboxylic acid groups (broad SMARTS) is 1. The van der Waals surface area contributed by atoms with Crippen molar-refractivity contribution < 1.29 is 19.1 Å². The van der Waals surface area contributed by atoms with Gasteiger partial charge in [-0.1, -0.05) is 15.9 Å². The summed E-state index contributed by atoms with van der Waals surface area (Å²) in [4.78, 5) is 23.8. The lowest BCUT2D eigenvalue weighted by Gasteiger charge is -2.34. The summed E-state index contributed by atoms with van der Waals surface area (Å²) in [6.07, 6.45) is 1.04. The number of halogens is 2. The minimum Gasteiger partial charge on any atom is -0.481 e. The number of carbonyl (C=O) groups excluding carboxylic acids is 1. The standard InChI is InChI=1S/C14H16BrFN2O3/c15-9-3-4-12(11(16)6-9)18-5-1-2-10(8-18)17-13(19)7-14(20)21/h3-4,6,10H,1-2,5,7-8H2,(H,17,19)(H,20,21). The monoisotopic (exact) mass is 358 g/mol. The van der Waals surface area contributed by atoms with E-state index in [-0.39, 0.29) is 11.9 Å². The van der Waals surface area contributed by atoms with Gasteiger partial charge in [0.25, 0.3) is 0 Å². The molecular weight excluding hydrogens is 343 g/mol. The summed E-state index contributed by atoms with van der Waals surface area (Å²) in [6.45, 7) is 1.19. The quantitative estimate of drug-likeness (QED) is 0.809. The lowest BCUT2D eigenvalue weighted by atomic mass is 10.0. The maximum atomic E-state index is 14.0. The summed E-state index contributed by atoms with van der Waals surface area (Å²) in [6, 6.07) is 4.71. The zero-order valence-corrected chi connectivity index (χ0v) is 12.9. The van der Waals surface area contributed by atoms with E-state index in [4.69, 9.17) is 5.11 Å². The van der Waals surface area contributed by atoms with Crippen LogP contribution in [0.5, 0.6) is 0 Å². The first-order valence-corrected chi connectivity index (χ1v) is 7.46. The summed E-state index contributed by atoms with van der Waals surface area (Å²) in [7, 11) is 0. The molecule has 0 bridgehead atoms. The average Bonchev–Trinajstić information content (AvgIpc) is 2.37. The molecule has 2 rings (SSSR count). The second-order valence-corrected chi connectivity index (χ2v) is 5.93. The third-order valence-electron chi connectivity index (χ3n) is 3.35. The Kier molecular flexibility index (Phi) is 5.17. The van der Waals surface area contributed by atoms with E-state index in [1.165, 1.54) is 6.07 Å². The first-order chi connectivity index (χ1) is 9.95. The van der Waals surface area contributed by atoms with E-state index in [9.17, 15) is 14.0 Å². The number of hydrogen-bond donors (Lipinski definition) is 2. The van der Waals surface area contributed by atoms with Crippen molar-refractivity contribution in [3.8, 4) is 0 Å². The molecule has 1 aromatic rings. The number of nitrogens with one attached hydrogen (secondary N) is 1. The predicted octanol–water partition coefficient (Wildman–Crippen LogP) is 2.15. The molecule has 21 heavy (non-hydrogen) atoms. The van der Waals surface area contributed by atoms with Gasteiger partial charge in [0.15, 0.2) is 0 Å². The molecule has 0 spiro atoms. The third kappa shape index (κ3) is 4.42. The summed E-state index contributed by atoms with van der Waals surface area (Å²) in [5.74, 6) is -1.98. The van der Waals surface area contributed by atoms with Crippen LogP contribution in [-0.4, -0.2) is 36.1 Å².